The number of nitriles is 1. The Bertz CT molecular complexity index is 653. The van der Waals surface area contributed by atoms with Crippen molar-refractivity contribution in [1.82, 2.24) is 0 Å². The second-order valence-electron chi connectivity index (χ2n) is 4.53. The normalized spacial score (nSPS) is 10.8. The molecule has 4 heteroatoms. The molecule has 0 spiro atoms. The van der Waals surface area contributed by atoms with Gasteiger partial charge in [0.25, 0.3) is 0 Å². The average molecular weight is 280 g/mol. The zero-order chi connectivity index (χ0) is 15.1. The third-order valence-corrected chi connectivity index (χ3v) is 2.94. The largest absolute Gasteiger partial charge is 0.489 e. The first-order valence-corrected chi connectivity index (χ1v) is 6.53. The summed E-state index contributed by atoms with van der Waals surface area (Å²) in [4.78, 5) is 4.64. The van der Waals surface area contributed by atoms with E-state index in [-0.39, 0.29) is 5.71 Å². The van der Waals surface area contributed by atoms with E-state index >= 15 is 0 Å². The van der Waals surface area contributed by atoms with Gasteiger partial charge in [-0.15, -0.1) is 0 Å². The van der Waals surface area contributed by atoms with Crippen molar-refractivity contribution in [2.45, 2.75) is 13.5 Å². The summed E-state index contributed by atoms with van der Waals surface area (Å²) in [6.45, 7) is 2.52. The van der Waals surface area contributed by atoms with E-state index in [4.69, 9.17) is 10.00 Å². The lowest BCUT2D eigenvalue weighted by molar-refractivity contribution is 0.214. The van der Waals surface area contributed by atoms with Gasteiger partial charge in [0, 0.05) is 5.56 Å². The van der Waals surface area contributed by atoms with Gasteiger partial charge in [0.2, 0.25) is 0 Å². The van der Waals surface area contributed by atoms with E-state index in [9.17, 15) is 0 Å². The van der Waals surface area contributed by atoms with Crippen LogP contribution < -0.4 is 4.74 Å². The maximum Gasteiger partial charge on any atom is 0.186 e. The van der Waals surface area contributed by atoms with E-state index in [1.807, 2.05) is 61.5 Å². The van der Waals surface area contributed by atoms with Crippen molar-refractivity contribution >= 4 is 5.71 Å². The molecule has 0 unspecified atom stereocenters. The topological polar surface area (TPSA) is 54.6 Å². The molecule has 21 heavy (non-hydrogen) atoms. The van der Waals surface area contributed by atoms with Crippen LogP contribution in [0.5, 0.6) is 5.75 Å². The summed E-state index contributed by atoms with van der Waals surface area (Å²) >= 11 is 0. The zero-order valence-corrected chi connectivity index (χ0v) is 12.0. The van der Waals surface area contributed by atoms with Crippen LogP contribution in [0.1, 0.15) is 16.7 Å². The van der Waals surface area contributed by atoms with Crippen molar-refractivity contribution in [3.8, 4) is 11.8 Å². The minimum atomic E-state index is 0.253. The smallest absolute Gasteiger partial charge is 0.186 e. The first-order chi connectivity index (χ1) is 10.2. The Balaban J connectivity index is 2.01. The van der Waals surface area contributed by atoms with Crippen LogP contribution >= 0.6 is 0 Å². The summed E-state index contributed by atoms with van der Waals surface area (Å²) in [5.41, 5.74) is 3.20. The van der Waals surface area contributed by atoms with Crippen LogP contribution in [0.15, 0.2) is 53.7 Å². The van der Waals surface area contributed by atoms with Crippen molar-refractivity contribution < 1.29 is 9.57 Å². The molecule has 0 aliphatic rings. The molecule has 0 aliphatic heterocycles. The highest BCUT2D eigenvalue weighted by Crippen LogP contribution is 2.14. The first kappa shape index (κ1) is 14.6. The van der Waals surface area contributed by atoms with Gasteiger partial charge in [0.1, 0.15) is 25.5 Å². The summed E-state index contributed by atoms with van der Waals surface area (Å²) in [7, 11) is 1.42. The SMILES string of the molecule is CO/N=C(/C#N)c1ccc(COc2ccc(C)cc2)cc1. The molecule has 0 atom stereocenters. The molecule has 0 heterocycles. The molecule has 0 N–H and O–H groups in total. The van der Waals surface area contributed by atoms with Gasteiger partial charge < -0.3 is 9.57 Å². The Kier molecular flexibility index (Phi) is 4.94. The van der Waals surface area contributed by atoms with Crippen molar-refractivity contribution in [1.29, 1.82) is 5.26 Å². The number of hydrogen-bond acceptors (Lipinski definition) is 4. The minimum Gasteiger partial charge on any atom is -0.489 e. The Labute approximate surface area is 124 Å². The molecule has 0 saturated heterocycles. The standard InChI is InChI=1S/C17H16N2O2/c1-13-3-9-16(10-4-13)21-12-14-5-7-15(8-6-14)17(11-18)19-20-2/h3-10H,12H2,1-2H3/b19-17-. The summed E-state index contributed by atoms with van der Waals surface area (Å²) in [6.07, 6.45) is 0. The number of oxime groups is 1. The number of benzene rings is 2. The van der Waals surface area contributed by atoms with E-state index in [1.165, 1.54) is 12.7 Å². The number of nitrogens with zero attached hydrogens (tertiary/aromatic N) is 2. The molecule has 0 saturated carbocycles. The van der Waals surface area contributed by atoms with Crippen molar-refractivity contribution in [2.24, 2.45) is 5.16 Å². The number of aryl methyl sites for hydroxylation is 1. The minimum absolute atomic E-state index is 0.253. The van der Waals surface area contributed by atoms with Gasteiger partial charge in [-0.1, -0.05) is 47.1 Å². The second-order valence-corrected chi connectivity index (χ2v) is 4.53. The van der Waals surface area contributed by atoms with Gasteiger partial charge >= 0.3 is 0 Å². The molecule has 2 aromatic rings. The number of hydrogen-bond donors (Lipinski definition) is 0. The summed E-state index contributed by atoms with van der Waals surface area (Å²) < 4.78 is 5.70. The Hall–Kier alpha value is -2.80. The molecule has 0 fully saturated rings. The van der Waals surface area contributed by atoms with Gasteiger partial charge in [0.15, 0.2) is 5.71 Å². The van der Waals surface area contributed by atoms with Crippen LogP contribution in [-0.2, 0) is 11.4 Å². The molecule has 0 amide bonds. The van der Waals surface area contributed by atoms with Crippen LogP contribution in [0.25, 0.3) is 0 Å². The van der Waals surface area contributed by atoms with E-state index < -0.39 is 0 Å². The molecule has 0 aliphatic carbocycles. The summed E-state index contributed by atoms with van der Waals surface area (Å²) in [6, 6.07) is 17.4. The lowest BCUT2D eigenvalue weighted by Crippen LogP contribution is -2.00. The maximum absolute atomic E-state index is 8.97. The van der Waals surface area contributed by atoms with Crippen molar-refractivity contribution in [2.75, 3.05) is 7.11 Å². The molecule has 106 valence electrons. The summed E-state index contributed by atoms with van der Waals surface area (Å²) in [5, 5.41) is 12.6. The fraction of sp³-hybridized carbons (Fsp3) is 0.176. The van der Waals surface area contributed by atoms with Crippen LogP contribution in [0, 0.1) is 18.3 Å². The highest BCUT2D eigenvalue weighted by atomic mass is 16.6. The second kappa shape index (κ2) is 7.11. The third kappa shape index (κ3) is 4.08. The van der Waals surface area contributed by atoms with E-state index in [2.05, 4.69) is 9.99 Å². The van der Waals surface area contributed by atoms with E-state index in [1.54, 1.807) is 0 Å². The molecule has 0 aromatic heterocycles. The Morgan fingerprint density at radius 1 is 1.10 bits per heavy atom. The Morgan fingerprint density at radius 3 is 2.33 bits per heavy atom. The zero-order valence-electron chi connectivity index (χ0n) is 12.0. The van der Waals surface area contributed by atoms with E-state index in [0.717, 1.165) is 16.9 Å². The van der Waals surface area contributed by atoms with Crippen molar-refractivity contribution in [3.63, 3.8) is 0 Å². The lowest BCUT2D eigenvalue weighted by Gasteiger charge is -2.07. The van der Waals surface area contributed by atoms with Gasteiger partial charge in [-0.3, -0.25) is 0 Å². The third-order valence-electron chi connectivity index (χ3n) is 2.94. The van der Waals surface area contributed by atoms with Gasteiger partial charge in [-0.05, 0) is 24.6 Å². The molecular weight excluding hydrogens is 264 g/mol. The lowest BCUT2D eigenvalue weighted by atomic mass is 10.1. The highest BCUT2D eigenvalue weighted by Gasteiger charge is 2.03. The van der Waals surface area contributed by atoms with Crippen LogP contribution in [-0.4, -0.2) is 12.8 Å². The highest BCUT2D eigenvalue weighted by molar-refractivity contribution is 6.11. The fourth-order valence-electron chi connectivity index (χ4n) is 1.79. The Morgan fingerprint density at radius 2 is 1.76 bits per heavy atom. The maximum atomic E-state index is 8.97. The molecule has 0 bridgehead atoms. The molecule has 2 rings (SSSR count). The molecule has 4 nitrogen and oxygen atoms in total. The van der Waals surface area contributed by atoms with Crippen LogP contribution in [0.4, 0.5) is 0 Å². The number of rotatable bonds is 5. The van der Waals surface area contributed by atoms with Crippen LogP contribution in [0.3, 0.4) is 0 Å². The monoisotopic (exact) mass is 280 g/mol. The molecule has 0 radical (unpaired) electrons. The predicted molar refractivity (Wildman–Crippen MR) is 81.1 cm³/mol. The van der Waals surface area contributed by atoms with Crippen LogP contribution in [0.2, 0.25) is 0 Å². The fourth-order valence-corrected chi connectivity index (χ4v) is 1.79. The molecular formula is C17H16N2O2. The molecule has 2 aromatic carbocycles. The predicted octanol–water partition coefficient (Wildman–Crippen LogP) is 3.45. The quantitative estimate of drug-likeness (QED) is 0.622. The van der Waals surface area contributed by atoms with Gasteiger partial charge in [-0.25, -0.2) is 0 Å². The van der Waals surface area contributed by atoms with E-state index in [0.29, 0.717) is 6.61 Å². The van der Waals surface area contributed by atoms with Gasteiger partial charge in [0.05, 0.1) is 0 Å². The van der Waals surface area contributed by atoms with Gasteiger partial charge in [-0.2, -0.15) is 5.26 Å². The summed E-state index contributed by atoms with van der Waals surface area (Å²) in [5.74, 6) is 0.836. The number of ether oxygens (including phenoxy) is 1. The average Bonchev–Trinajstić information content (AvgIpc) is 2.53. The van der Waals surface area contributed by atoms with Crippen molar-refractivity contribution in [3.05, 3.63) is 65.2 Å². The first-order valence-electron chi connectivity index (χ1n) is 6.53.